The van der Waals surface area contributed by atoms with E-state index in [1.807, 2.05) is 0 Å². The highest BCUT2D eigenvalue weighted by atomic mass is 35.5. The molecule has 2 fully saturated rings. The minimum atomic E-state index is -0.874. The van der Waals surface area contributed by atoms with Gasteiger partial charge in [-0.15, -0.1) is 0 Å². The van der Waals surface area contributed by atoms with Crippen molar-refractivity contribution in [3.05, 3.63) is 33.6 Å². The molecule has 0 spiro atoms. The molecule has 0 atom stereocenters. The third-order valence-corrected chi connectivity index (χ3v) is 6.25. The van der Waals surface area contributed by atoms with Gasteiger partial charge in [-0.25, -0.2) is 9.18 Å². The summed E-state index contributed by atoms with van der Waals surface area (Å²) in [6.45, 7) is 3.15. The number of morpholine rings is 1. The fourth-order valence-electron chi connectivity index (χ4n) is 4.05. The van der Waals surface area contributed by atoms with Gasteiger partial charge in [0.05, 0.1) is 28.8 Å². The highest BCUT2D eigenvalue weighted by Crippen LogP contribution is 2.34. The predicted molar refractivity (Wildman–Crippen MR) is 108 cm³/mol. The van der Waals surface area contributed by atoms with Gasteiger partial charge in [-0.3, -0.25) is 9.69 Å². The Kier molecular flexibility index (Phi) is 7.73. The molecule has 1 aromatic rings. The third-order valence-electron chi connectivity index (χ3n) is 5.65. The lowest BCUT2D eigenvalue weighted by Gasteiger charge is -2.48. The largest absolute Gasteiger partial charge is 0.452 e. The molecule has 160 valence electrons. The average molecular weight is 447 g/mol. The molecular weight excluding hydrogens is 422 g/mol. The van der Waals surface area contributed by atoms with Crippen LogP contribution in [0.3, 0.4) is 0 Å². The first kappa shape index (κ1) is 22.3. The normalized spacial score (nSPS) is 19.6. The number of rotatable bonds is 6. The minimum absolute atomic E-state index is 0.0321. The zero-order valence-corrected chi connectivity index (χ0v) is 17.7. The lowest BCUT2D eigenvalue weighted by Crippen LogP contribution is -2.59. The van der Waals surface area contributed by atoms with Gasteiger partial charge in [0.1, 0.15) is 5.82 Å². The summed E-state index contributed by atoms with van der Waals surface area (Å²) in [4.78, 5) is 26.8. The van der Waals surface area contributed by atoms with Crippen molar-refractivity contribution in [3.8, 4) is 0 Å². The van der Waals surface area contributed by atoms with E-state index in [9.17, 15) is 14.0 Å². The fourth-order valence-corrected chi connectivity index (χ4v) is 4.51. The number of hydrogen-bond donors (Lipinski definition) is 1. The molecule has 0 radical (unpaired) electrons. The zero-order valence-electron chi connectivity index (χ0n) is 16.1. The number of carbonyl (C=O) groups excluding carboxylic acids is 2. The van der Waals surface area contributed by atoms with Crippen LogP contribution < -0.4 is 5.32 Å². The van der Waals surface area contributed by atoms with Gasteiger partial charge >= 0.3 is 5.97 Å². The Morgan fingerprint density at radius 3 is 2.52 bits per heavy atom. The molecule has 29 heavy (non-hydrogen) atoms. The van der Waals surface area contributed by atoms with Crippen LogP contribution in [0, 0.1) is 5.82 Å². The molecule has 9 heteroatoms. The van der Waals surface area contributed by atoms with Gasteiger partial charge in [-0.05, 0) is 25.0 Å². The molecule has 1 heterocycles. The highest BCUT2D eigenvalue weighted by molar-refractivity contribution is 6.36. The van der Waals surface area contributed by atoms with E-state index in [1.54, 1.807) is 0 Å². The summed E-state index contributed by atoms with van der Waals surface area (Å²) in [6, 6.07) is 2.03. The molecule has 3 rings (SSSR count). The quantitative estimate of drug-likeness (QED) is 0.535. The lowest BCUT2D eigenvalue weighted by atomic mass is 9.79. The molecule has 1 aliphatic heterocycles. The first-order chi connectivity index (χ1) is 13.9. The van der Waals surface area contributed by atoms with Gasteiger partial charge in [0.15, 0.2) is 6.61 Å². The first-order valence-corrected chi connectivity index (χ1v) is 10.6. The smallest absolute Gasteiger partial charge is 0.340 e. The Hall–Kier alpha value is -1.41. The van der Waals surface area contributed by atoms with Gasteiger partial charge in [-0.1, -0.05) is 42.5 Å². The van der Waals surface area contributed by atoms with E-state index >= 15 is 0 Å². The standard InChI is InChI=1S/C20H25Cl2FN2O4/c21-15-11-16(22)17(23)10-14(15)19(27)29-12-18(26)24-13-20(4-2-1-3-5-20)25-6-8-28-9-7-25/h10-11H,1-9,12-13H2,(H,24,26). The van der Waals surface area contributed by atoms with Crippen LogP contribution in [0.2, 0.25) is 10.0 Å². The number of esters is 1. The van der Waals surface area contributed by atoms with Crippen LogP contribution in [0.5, 0.6) is 0 Å². The van der Waals surface area contributed by atoms with E-state index in [0.717, 1.165) is 50.9 Å². The molecule has 1 amide bonds. The van der Waals surface area contributed by atoms with E-state index in [1.165, 1.54) is 6.42 Å². The van der Waals surface area contributed by atoms with E-state index in [4.69, 9.17) is 32.7 Å². The molecule has 1 N–H and O–H groups in total. The summed E-state index contributed by atoms with van der Waals surface area (Å²) in [6.07, 6.45) is 5.50. The average Bonchev–Trinajstić information content (AvgIpc) is 2.74. The Morgan fingerprint density at radius 2 is 1.83 bits per heavy atom. The second kappa shape index (κ2) is 10.1. The number of halogens is 3. The monoisotopic (exact) mass is 446 g/mol. The molecule has 1 saturated carbocycles. The van der Waals surface area contributed by atoms with Crippen LogP contribution in [0.1, 0.15) is 42.5 Å². The summed E-state index contributed by atoms with van der Waals surface area (Å²) in [5.74, 6) is -2.05. The van der Waals surface area contributed by atoms with Crippen molar-refractivity contribution in [2.24, 2.45) is 0 Å². The van der Waals surface area contributed by atoms with Crippen LogP contribution in [0.15, 0.2) is 12.1 Å². The van der Waals surface area contributed by atoms with E-state index < -0.39 is 24.3 Å². The van der Waals surface area contributed by atoms with Gasteiger partial charge in [0.2, 0.25) is 0 Å². The minimum Gasteiger partial charge on any atom is -0.452 e. The van der Waals surface area contributed by atoms with Crippen LogP contribution in [-0.2, 0) is 14.3 Å². The lowest BCUT2D eigenvalue weighted by molar-refractivity contribution is -0.125. The number of hydrogen-bond acceptors (Lipinski definition) is 5. The SMILES string of the molecule is O=C(COC(=O)c1cc(F)c(Cl)cc1Cl)NCC1(N2CCOCC2)CCCCC1. The number of ether oxygens (including phenoxy) is 2. The molecule has 1 saturated heterocycles. The fraction of sp³-hybridized carbons (Fsp3) is 0.600. The molecule has 1 aromatic carbocycles. The molecule has 6 nitrogen and oxygen atoms in total. The van der Waals surface area contributed by atoms with Crippen molar-refractivity contribution in [3.63, 3.8) is 0 Å². The number of amides is 1. The summed E-state index contributed by atoms with van der Waals surface area (Å²) in [5.41, 5.74) is -0.247. The van der Waals surface area contributed by atoms with E-state index in [-0.39, 0.29) is 21.1 Å². The summed E-state index contributed by atoms with van der Waals surface area (Å²) in [5, 5.41) is 2.68. The highest BCUT2D eigenvalue weighted by Gasteiger charge is 2.38. The van der Waals surface area contributed by atoms with Gasteiger partial charge in [0.25, 0.3) is 5.91 Å². The second-order valence-corrected chi connectivity index (χ2v) is 8.30. The maximum Gasteiger partial charge on any atom is 0.340 e. The molecule has 2 aliphatic rings. The van der Waals surface area contributed by atoms with Crippen LogP contribution in [0.4, 0.5) is 4.39 Å². The van der Waals surface area contributed by atoms with Crippen molar-refractivity contribution < 1.29 is 23.5 Å². The molecule has 1 aliphatic carbocycles. The summed E-state index contributed by atoms with van der Waals surface area (Å²) < 4.78 is 24.0. The Balaban J connectivity index is 1.54. The predicted octanol–water partition coefficient (Wildman–Crippen LogP) is 3.44. The maximum absolute atomic E-state index is 13.6. The number of nitrogens with zero attached hydrogens (tertiary/aromatic N) is 1. The van der Waals surface area contributed by atoms with Crippen molar-refractivity contribution in [1.82, 2.24) is 10.2 Å². The van der Waals surface area contributed by atoms with Gasteiger partial charge in [-0.2, -0.15) is 0 Å². The maximum atomic E-state index is 13.6. The van der Waals surface area contributed by atoms with Gasteiger partial charge in [0, 0.05) is 25.2 Å². The number of nitrogens with one attached hydrogen (secondary N) is 1. The van der Waals surface area contributed by atoms with E-state index in [2.05, 4.69) is 10.2 Å². The molecule has 0 aromatic heterocycles. The van der Waals surface area contributed by atoms with Crippen molar-refractivity contribution >= 4 is 35.1 Å². The Bertz CT molecular complexity index is 750. The third kappa shape index (κ3) is 5.60. The van der Waals surface area contributed by atoms with Crippen LogP contribution >= 0.6 is 23.2 Å². The first-order valence-electron chi connectivity index (χ1n) is 9.82. The van der Waals surface area contributed by atoms with Gasteiger partial charge < -0.3 is 14.8 Å². The Morgan fingerprint density at radius 1 is 1.14 bits per heavy atom. The number of carbonyl (C=O) groups is 2. The van der Waals surface area contributed by atoms with E-state index in [0.29, 0.717) is 19.8 Å². The zero-order chi connectivity index (χ0) is 20.9. The second-order valence-electron chi connectivity index (χ2n) is 7.48. The molecular formula is C20H25Cl2FN2O4. The molecule has 0 unspecified atom stereocenters. The van der Waals surface area contributed by atoms with Crippen molar-refractivity contribution in [1.29, 1.82) is 0 Å². The van der Waals surface area contributed by atoms with Crippen LogP contribution in [-0.4, -0.2) is 61.8 Å². The topological polar surface area (TPSA) is 67.9 Å². The Labute approximate surface area is 179 Å². The van der Waals surface area contributed by atoms with Crippen molar-refractivity contribution in [2.45, 2.75) is 37.6 Å². The van der Waals surface area contributed by atoms with Crippen LogP contribution in [0.25, 0.3) is 0 Å². The molecule has 0 bridgehead atoms. The summed E-state index contributed by atoms with van der Waals surface area (Å²) in [7, 11) is 0. The van der Waals surface area contributed by atoms with Crippen molar-refractivity contribution in [2.75, 3.05) is 39.5 Å². The summed E-state index contributed by atoms with van der Waals surface area (Å²) >= 11 is 11.5. The number of benzene rings is 1.